The molecular formula is C20H23NO3. The number of hydrogen-bond acceptors (Lipinski definition) is 4. The molecule has 0 radical (unpaired) electrons. The van der Waals surface area contributed by atoms with Gasteiger partial charge in [-0.25, -0.2) is 4.79 Å². The van der Waals surface area contributed by atoms with Crippen LogP contribution in [0.15, 0.2) is 48.5 Å². The topological polar surface area (TPSA) is 61.6 Å². The van der Waals surface area contributed by atoms with E-state index < -0.39 is 11.0 Å². The third-order valence-corrected chi connectivity index (χ3v) is 5.11. The van der Waals surface area contributed by atoms with Gasteiger partial charge in [0, 0.05) is 23.9 Å². The third kappa shape index (κ3) is 2.38. The van der Waals surface area contributed by atoms with Crippen LogP contribution in [0.3, 0.4) is 0 Å². The Bertz CT molecular complexity index is 755. The molecule has 0 aliphatic carbocycles. The van der Waals surface area contributed by atoms with Crippen LogP contribution in [0.25, 0.3) is 0 Å². The van der Waals surface area contributed by atoms with Crippen molar-refractivity contribution >= 4 is 5.97 Å². The van der Waals surface area contributed by atoms with E-state index in [1.165, 1.54) is 0 Å². The highest BCUT2D eigenvalue weighted by Crippen LogP contribution is 2.49. The van der Waals surface area contributed by atoms with Crippen LogP contribution in [-0.2, 0) is 16.8 Å². The zero-order valence-electron chi connectivity index (χ0n) is 14.3. The Balaban J connectivity index is 2.24. The van der Waals surface area contributed by atoms with Crippen LogP contribution in [0.1, 0.15) is 35.3 Å². The molecule has 0 bridgehead atoms. The molecule has 0 fully saturated rings. The second-order valence-corrected chi connectivity index (χ2v) is 6.83. The number of benzene rings is 2. The molecule has 1 heterocycles. The lowest BCUT2D eigenvalue weighted by atomic mass is 9.66. The Hall–Kier alpha value is -2.33. The smallest absolute Gasteiger partial charge is 0.339 e. The normalized spacial score (nSPS) is 20.2. The zero-order valence-corrected chi connectivity index (χ0v) is 14.3. The van der Waals surface area contributed by atoms with Gasteiger partial charge >= 0.3 is 5.97 Å². The van der Waals surface area contributed by atoms with Crippen LogP contribution in [-0.4, -0.2) is 19.6 Å². The maximum atomic E-state index is 12.8. The number of carbonyl (C=O) groups excluding carboxylic acids is 1. The SMILES string of the molecule is COc1cccc2c1CC(c1ccccc1)(C(C)(C)CN)OC2=O. The molecule has 0 spiro atoms. The van der Waals surface area contributed by atoms with Crippen molar-refractivity contribution in [1.29, 1.82) is 0 Å². The van der Waals surface area contributed by atoms with Gasteiger partial charge < -0.3 is 15.2 Å². The van der Waals surface area contributed by atoms with Crippen LogP contribution < -0.4 is 10.5 Å². The average Bonchev–Trinajstić information content (AvgIpc) is 2.61. The molecule has 0 saturated carbocycles. The van der Waals surface area contributed by atoms with E-state index >= 15 is 0 Å². The molecule has 1 aliphatic rings. The van der Waals surface area contributed by atoms with Crippen LogP contribution in [0.4, 0.5) is 0 Å². The summed E-state index contributed by atoms with van der Waals surface area (Å²) in [6, 6.07) is 15.3. The molecule has 0 saturated heterocycles. The molecule has 126 valence electrons. The predicted molar refractivity (Wildman–Crippen MR) is 93.1 cm³/mol. The Morgan fingerprint density at radius 2 is 1.88 bits per heavy atom. The molecule has 1 atom stereocenters. The fourth-order valence-corrected chi connectivity index (χ4v) is 3.43. The largest absolute Gasteiger partial charge is 0.496 e. The fraction of sp³-hybridized carbons (Fsp3) is 0.350. The standard InChI is InChI=1S/C20H23NO3/c1-19(2,13-21)20(14-8-5-4-6-9-14)12-16-15(18(22)24-20)10-7-11-17(16)23-3/h4-11H,12-13,21H2,1-3H3. The lowest BCUT2D eigenvalue weighted by molar-refractivity contribution is -0.0945. The fourth-order valence-electron chi connectivity index (χ4n) is 3.43. The maximum absolute atomic E-state index is 12.8. The molecule has 4 nitrogen and oxygen atoms in total. The number of cyclic esters (lactones) is 1. The van der Waals surface area contributed by atoms with Crippen molar-refractivity contribution in [2.75, 3.05) is 13.7 Å². The molecule has 1 unspecified atom stereocenters. The maximum Gasteiger partial charge on any atom is 0.339 e. The first-order chi connectivity index (χ1) is 11.4. The molecule has 3 rings (SSSR count). The highest BCUT2D eigenvalue weighted by Gasteiger charge is 2.52. The molecule has 1 aliphatic heterocycles. The van der Waals surface area contributed by atoms with E-state index in [0.29, 0.717) is 24.3 Å². The van der Waals surface area contributed by atoms with Crippen molar-refractivity contribution in [3.05, 3.63) is 65.2 Å². The minimum Gasteiger partial charge on any atom is -0.496 e. The molecule has 4 heteroatoms. The van der Waals surface area contributed by atoms with E-state index in [1.807, 2.05) is 56.3 Å². The summed E-state index contributed by atoms with van der Waals surface area (Å²) in [5, 5.41) is 0. The summed E-state index contributed by atoms with van der Waals surface area (Å²) in [6.07, 6.45) is 0.534. The van der Waals surface area contributed by atoms with Crippen molar-refractivity contribution in [2.45, 2.75) is 25.9 Å². The number of esters is 1. The second-order valence-electron chi connectivity index (χ2n) is 6.83. The highest BCUT2D eigenvalue weighted by atomic mass is 16.6. The summed E-state index contributed by atoms with van der Waals surface area (Å²) >= 11 is 0. The summed E-state index contributed by atoms with van der Waals surface area (Å²) < 4.78 is 11.6. The van der Waals surface area contributed by atoms with Crippen molar-refractivity contribution in [3.8, 4) is 5.75 Å². The Labute approximate surface area is 142 Å². The Morgan fingerprint density at radius 3 is 2.50 bits per heavy atom. The van der Waals surface area contributed by atoms with Gasteiger partial charge in [-0.15, -0.1) is 0 Å². The monoisotopic (exact) mass is 325 g/mol. The van der Waals surface area contributed by atoms with Crippen LogP contribution in [0.2, 0.25) is 0 Å². The second kappa shape index (κ2) is 5.95. The van der Waals surface area contributed by atoms with Gasteiger partial charge in [0.1, 0.15) is 11.4 Å². The van der Waals surface area contributed by atoms with Gasteiger partial charge in [0.2, 0.25) is 0 Å². The summed E-state index contributed by atoms with van der Waals surface area (Å²) in [4.78, 5) is 12.8. The minimum absolute atomic E-state index is 0.333. The first kappa shape index (κ1) is 16.5. The van der Waals surface area contributed by atoms with Crippen LogP contribution in [0.5, 0.6) is 5.75 Å². The zero-order chi connectivity index (χ0) is 17.4. The van der Waals surface area contributed by atoms with Gasteiger partial charge in [-0.1, -0.05) is 50.2 Å². The molecule has 2 aromatic rings. The molecule has 0 amide bonds. The number of carbonyl (C=O) groups is 1. The van der Waals surface area contributed by atoms with Crippen molar-refractivity contribution in [2.24, 2.45) is 11.1 Å². The molecule has 24 heavy (non-hydrogen) atoms. The third-order valence-electron chi connectivity index (χ3n) is 5.11. The van der Waals surface area contributed by atoms with Crippen LogP contribution >= 0.6 is 0 Å². The Kier molecular flexibility index (Phi) is 4.10. The van der Waals surface area contributed by atoms with Gasteiger partial charge in [0.25, 0.3) is 0 Å². The number of nitrogens with two attached hydrogens (primary N) is 1. The number of rotatable bonds is 4. The minimum atomic E-state index is -0.832. The number of fused-ring (bicyclic) bond motifs is 1. The van der Waals surface area contributed by atoms with Crippen molar-refractivity contribution in [1.82, 2.24) is 0 Å². The van der Waals surface area contributed by atoms with Gasteiger partial charge in [-0.2, -0.15) is 0 Å². The van der Waals surface area contributed by atoms with E-state index in [0.717, 1.165) is 11.1 Å². The van der Waals surface area contributed by atoms with E-state index in [-0.39, 0.29) is 5.97 Å². The first-order valence-electron chi connectivity index (χ1n) is 8.10. The number of ether oxygens (including phenoxy) is 2. The summed E-state index contributed by atoms with van der Waals surface area (Å²) in [5.74, 6) is 0.373. The van der Waals surface area contributed by atoms with Gasteiger partial charge in [0.15, 0.2) is 0 Å². The van der Waals surface area contributed by atoms with E-state index in [4.69, 9.17) is 15.2 Å². The average molecular weight is 325 g/mol. The molecule has 2 aromatic carbocycles. The van der Waals surface area contributed by atoms with Gasteiger partial charge in [0.05, 0.1) is 12.7 Å². The van der Waals surface area contributed by atoms with E-state index in [9.17, 15) is 4.79 Å². The molecule has 0 aromatic heterocycles. The predicted octanol–water partition coefficient (Wildman–Crippen LogP) is 3.29. The number of methoxy groups -OCH3 is 1. The van der Waals surface area contributed by atoms with Gasteiger partial charge in [-0.05, 0) is 17.7 Å². The quantitative estimate of drug-likeness (QED) is 0.876. The highest BCUT2D eigenvalue weighted by molar-refractivity contribution is 5.93. The van der Waals surface area contributed by atoms with E-state index in [2.05, 4.69) is 0 Å². The lowest BCUT2D eigenvalue weighted by Gasteiger charge is -2.48. The van der Waals surface area contributed by atoms with Crippen LogP contribution in [0, 0.1) is 5.41 Å². The van der Waals surface area contributed by atoms with Gasteiger partial charge in [-0.3, -0.25) is 0 Å². The first-order valence-corrected chi connectivity index (χ1v) is 8.10. The summed E-state index contributed by atoms with van der Waals surface area (Å²) in [6.45, 7) is 4.46. The summed E-state index contributed by atoms with van der Waals surface area (Å²) in [7, 11) is 1.62. The van der Waals surface area contributed by atoms with Crippen molar-refractivity contribution in [3.63, 3.8) is 0 Å². The molecule has 2 N–H and O–H groups in total. The lowest BCUT2D eigenvalue weighted by Crippen LogP contribution is -2.53. The van der Waals surface area contributed by atoms with Crippen molar-refractivity contribution < 1.29 is 14.3 Å². The Morgan fingerprint density at radius 1 is 1.17 bits per heavy atom. The number of hydrogen-bond donors (Lipinski definition) is 1. The molecular weight excluding hydrogens is 302 g/mol. The van der Waals surface area contributed by atoms with E-state index in [1.54, 1.807) is 13.2 Å². The summed E-state index contributed by atoms with van der Waals surface area (Å²) in [5.41, 5.74) is 7.19.